The van der Waals surface area contributed by atoms with Gasteiger partial charge in [0.2, 0.25) is 0 Å². The van der Waals surface area contributed by atoms with E-state index >= 15 is 0 Å². The van der Waals surface area contributed by atoms with Crippen molar-refractivity contribution in [3.63, 3.8) is 0 Å². The van der Waals surface area contributed by atoms with Gasteiger partial charge in [0.15, 0.2) is 6.61 Å². The molecule has 8 heteroatoms. The Balaban J connectivity index is 1.71. The van der Waals surface area contributed by atoms with Crippen molar-refractivity contribution in [3.05, 3.63) is 29.0 Å². The average molecular weight is 368 g/mol. The molecule has 0 bridgehead atoms. The molecule has 0 saturated carbocycles. The number of rotatable bonds is 5. The summed E-state index contributed by atoms with van der Waals surface area (Å²) in [4.78, 5) is 41.2. The number of ether oxygens (including phenoxy) is 1. The van der Waals surface area contributed by atoms with E-state index in [1.165, 1.54) is 18.7 Å². The van der Waals surface area contributed by atoms with Crippen LogP contribution in [-0.4, -0.2) is 53.9 Å². The van der Waals surface area contributed by atoms with E-state index < -0.39 is 11.9 Å². The highest BCUT2D eigenvalue weighted by atomic mass is 35.5. The Morgan fingerprint density at radius 2 is 1.84 bits per heavy atom. The minimum atomic E-state index is -0.671. The molecule has 0 radical (unpaired) electrons. The Hall–Kier alpha value is -2.15. The zero-order chi connectivity index (χ0) is 18.1. The maximum Gasteiger partial charge on any atom is 0.325 e. The molecule has 7 nitrogen and oxygen atoms in total. The second-order valence-electron chi connectivity index (χ2n) is 5.85. The number of pyridine rings is 1. The van der Waals surface area contributed by atoms with Gasteiger partial charge in [-0.05, 0) is 25.0 Å². The summed E-state index contributed by atoms with van der Waals surface area (Å²) in [5.74, 6) is -1.40. The number of carbonyl (C=O) groups excluding carboxylic acids is 3. The van der Waals surface area contributed by atoms with Gasteiger partial charge in [0.05, 0.1) is 0 Å². The summed E-state index contributed by atoms with van der Waals surface area (Å²) in [5.41, 5.74) is 0.108. The number of nitrogens with one attached hydrogen (secondary N) is 1. The van der Waals surface area contributed by atoms with Gasteiger partial charge in [0, 0.05) is 24.3 Å². The first-order valence-electron chi connectivity index (χ1n) is 8.39. The van der Waals surface area contributed by atoms with E-state index in [4.69, 9.17) is 16.3 Å². The first kappa shape index (κ1) is 19.2. The Morgan fingerprint density at radius 3 is 2.52 bits per heavy atom. The van der Waals surface area contributed by atoms with Crippen molar-refractivity contribution < 1.29 is 19.1 Å². The maximum absolute atomic E-state index is 12.1. The smallest absolute Gasteiger partial charge is 0.325 e. The highest BCUT2D eigenvalue weighted by Crippen LogP contribution is 2.10. The quantitative estimate of drug-likeness (QED) is 0.801. The summed E-state index contributed by atoms with van der Waals surface area (Å²) in [5, 5.41) is 2.76. The van der Waals surface area contributed by atoms with Gasteiger partial charge in [0.1, 0.15) is 12.2 Å². The van der Waals surface area contributed by atoms with Crippen LogP contribution in [0.2, 0.25) is 5.02 Å². The van der Waals surface area contributed by atoms with Crippen LogP contribution in [0.4, 0.5) is 0 Å². The fourth-order valence-corrected chi connectivity index (χ4v) is 2.71. The lowest BCUT2D eigenvalue weighted by Gasteiger charge is -2.24. The third-order valence-electron chi connectivity index (χ3n) is 3.91. The zero-order valence-electron chi connectivity index (χ0n) is 14.0. The predicted molar refractivity (Wildman–Crippen MR) is 92.2 cm³/mol. The first-order chi connectivity index (χ1) is 12.1. The lowest BCUT2D eigenvalue weighted by molar-refractivity contribution is -0.151. The molecule has 1 fully saturated rings. The molecule has 0 aliphatic carbocycles. The van der Waals surface area contributed by atoms with Gasteiger partial charge in [-0.25, -0.2) is 0 Å². The molecule has 0 spiro atoms. The highest BCUT2D eigenvalue weighted by Gasteiger charge is 2.17. The van der Waals surface area contributed by atoms with E-state index in [1.54, 1.807) is 11.0 Å². The summed E-state index contributed by atoms with van der Waals surface area (Å²) in [6, 6.07) is 2.94. The van der Waals surface area contributed by atoms with Crippen LogP contribution in [0.3, 0.4) is 0 Å². The van der Waals surface area contributed by atoms with Crippen LogP contribution < -0.4 is 5.32 Å². The Labute approximate surface area is 151 Å². The van der Waals surface area contributed by atoms with Crippen LogP contribution in [0.15, 0.2) is 18.3 Å². The summed E-state index contributed by atoms with van der Waals surface area (Å²) in [7, 11) is 0. The van der Waals surface area contributed by atoms with E-state index in [9.17, 15) is 14.4 Å². The van der Waals surface area contributed by atoms with Crippen molar-refractivity contribution in [1.29, 1.82) is 0 Å². The van der Waals surface area contributed by atoms with Crippen LogP contribution in [0.25, 0.3) is 0 Å². The van der Waals surface area contributed by atoms with Crippen molar-refractivity contribution in [2.75, 3.05) is 26.2 Å². The zero-order valence-corrected chi connectivity index (χ0v) is 14.8. The predicted octanol–water partition coefficient (Wildman–Crippen LogP) is 1.80. The van der Waals surface area contributed by atoms with E-state index in [-0.39, 0.29) is 24.8 Å². The largest absolute Gasteiger partial charge is 0.454 e. The number of esters is 1. The molecule has 1 aliphatic rings. The standard InChI is InChI=1S/C17H22ClN3O4/c18-13-6-7-19-14(10-13)17(24)20-11-16(23)25-12-15(22)21-8-4-2-1-3-5-9-21/h6-7,10H,1-5,8-9,11-12H2,(H,20,24). The molecule has 1 aliphatic heterocycles. The number of carbonyl (C=O) groups is 3. The molecule has 2 amide bonds. The average Bonchev–Trinajstić information content (AvgIpc) is 2.57. The number of nitrogens with zero attached hydrogens (tertiary/aromatic N) is 2. The normalized spacial score (nSPS) is 15.0. The van der Waals surface area contributed by atoms with Gasteiger partial charge in [-0.2, -0.15) is 0 Å². The number of likely N-dealkylation sites (tertiary alicyclic amines) is 1. The molecule has 1 N–H and O–H groups in total. The summed E-state index contributed by atoms with van der Waals surface area (Å²) in [6.07, 6.45) is 6.79. The first-order valence-corrected chi connectivity index (χ1v) is 8.77. The molecular formula is C17H22ClN3O4. The van der Waals surface area contributed by atoms with E-state index in [0.717, 1.165) is 25.7 Å². The van der Waals surface area contributed by atoms with Gasteiger partial charge in [0.25, 0.3) is 11.8 Å². The lowest BCUT2D eigenvalue weighted by atomic mass is 10.1. The Bertz CT molecular complexity index is 616. The monoisotopic (exact) mass is 367 g/mol. The SMILES string of the molecule is O=C(CNC(=O)c1cc(Cl)ccn1)OCC(=O)N1CCCCCCC1. The van der Waals surface area contributed by atoms with Crippen molar-refractivity contribution in [3.8, 4) is 0 Å². The van der Waals surface area contributed by atoms with E-state index in [1.807, 2.05) is 0 Å². The number of hydrogen-bond donors (Lipinski definition) is 1. The number of aromatic nitrogens is 1. The summed E-state index contributed by atoms with van der Waals surface area (Å²) >= 11 is 5.78. The number of halogens is 1. The minimum absolute atomic E-state index is 0.108. The fourth-order valence-electron chi connectivity index (χ4n) is 2.55. The number of hydrogen-bond acceptors (Lipinski definition) is 5. The minimum Gasteiger partial charge on any atom is -0.454 e. The van der Waals surface area contributed by atoms with Crippen LogP contribution >= 0.6 is 11.6 Å². The van der Waals surface area contributed by atoms with Crippen LogP contribution in [-0.2, 0) is 14.3 Å². The van der Waals surface area contributed by atoms with Gasteiger partial charge >= 0.3 is 5.97 Å². The molecular weight excluding hydrogens is 346 g/mol. The molecule has 0 unspecified atom stereocenters. The molecule has 2 heterocycles. The van der Waals surface area contributed by atoms with Gasteiger partial charge in [-0.3, -0.25) is 19.4 Å². The molecule has 0 atom stereocenters. The van der Waals surface area contributed by atoms with Gasteiger partial charge in [-0.15, -0.1) is 0 Å². The third-order valence-corrected chi connectivity index (χ3v) is 4.15. The van der Waals surface area contributed by atoms with Crippen molar-refractivity contribution in [2.45, 2.75) is 32.1 Å². The van der Waals surface area contributed by atoms with E-state index in [0.29, 0.717) is 18.1 Å². The maximum atomic E-state index is 12.1. The fraction of sp³-hybridized carbons (Fsp3) is 0.529. The summed E-state index contributed by atoms with van der Waals surface area (Å²) in [6.45, 7) is 0.769. The van der Waals surface area contributed by atoms with Crippen molar-refractivity contribution >= 4 is 29.4 Å². The third kappa shape index (κ3) is 6.70. The van der Waals surface area contributed by atoms with Gasteiger partial charge in [-0.1, -0.05) is 30.9 Å². The molecule has 1 aromatic heterocycles. The molecule has 0 aromatic carbocycles. The Kier molecular flexibility index (Phi) is 7.66. The molecule has 1 aromatic rings. The summed E-state index contributed by atoms with van der Waals surface area (Å²) < 4.78 is 4.95. The molecule has 25 heavy (non-hydrogen) atoms. The van der Waals surface area contributed by atoms with E-state index in [2.05, 4.69) is 10.3 Å². The lowest BCUT2D eigenvalue weighted by Crippen LogP contribution is -2.38. The molecule has 1 saturated heterocycles. The van der Waals surface area contributed by atoms with Crippen LogP contribution in [0, 0.1) is 0 Å². The molecule has 136 valence electrons. The van der Waals surface area contributed by atoms with Gasteiger partial charge < -0.3 is 15.0 Å². The second-order valence-corrected chi connectivity index (χ2v) is 6.29. The Morgan fingerprint density at radius 1 is 1.16 bits per heavy atom. The second kappa shape index (κ2) is 9.98. The van der Waals surface area contributed by atoms with Crippen LogP contribution in [0.1, 0.15) is 42.6 Å². The van der Waals surface area contributed by atoms with Crippen LogP contribution in [0.5, 0.6) is 0 Å². The molecule has 2 rings (SSSR count). The highest BCUT2D eigenvalue weighted by molar-refractivity contribution is 6.30. The van der Waals surface area contributed by atoms with Crippen molar-refractivity contribution in [2.24, 2.45) is 0 Å². The number of amides is 2. The topological polar surface area (TPSA) is 88.6 Å². The van der Waals surface area contributed by atoms with Crippen molar-refractivity contribution in [1.82, 2.24) is 15.2 Å².